The number of fused-ring (bicyclic) bond motifs is 1. The number of thiophene rings is 1. The van der Waals surface area contributed by atoms with Crippen LogP contribution in [0.5, 0.6) is 11.5 Å². The van der Waals surface area contributed by atoms with Crippen molar-refractivity contribution in [1.82, 2.24) is 14.5 Å². The van der Waals surface area contributed by atoms with E-state index in [0.717, 1.165) is 43.2 Å². The number of carbonyl (C=O) groups excluding carboxylic acids is 2. The van der Waals surface area contributed by atoms with Gasteiger partial charge in [0.1, 0.15) is 4.21 Å². The fraction of sp³-hybridized carbons (Fsp3) is 0.333. The molecule has 3 aromatic carbocycles. The van der Waals surface area contributed by atoms with Gasteiger partial charge in [-0.05, 0) is 66.6 Å². The minimum Gasteiger partial charge on any atom is -0.493 e. The summed E-state index contributed by atoms with van der Waals surface area (Å²) in [4.78, 5) is 34.4. The molecule has 10 nitrogen and oxygen atoms in total. The average molecular weight is 689 g/mol. The third-order valence-electron chi connectivity index (χ3n) is 9.22. The predicted octanol–water partition coefficient (Wildman–Crippen LogP) is 5.74. The van der Waals surface area contributed by atoms with Crippen molar-refractivity contribution in [2.75, 3.05) is 51.8 Å². The Labute approximate surface area is 285 Å². The molecule has 12 heteroatoms. The molecule has 0 aliphatic carbocycles. The number of nitrogens with zero attached hydrogens (tertiary/aromatic N) is 3. The topological polar surface area (TPSA) is 108 Å². The van der Waals surface area contributed by atoms with Crippen LogP contribution in [0.3, 0.4) is 0 Å². The number of piperazine rings is 1. The normalized spacial score (nSPS) is 16.6. The Morgan fingerprint density at radius 2 is 1.58 bits per heavy atom. The lowest BCUT2D eigenvalue weighted by Gasteiger charge is -2.39. The van der Waals surface area contributed by atoms with Crippen molar-refractivity contribution in [3.63, 3.8) is 0 Å². The third-order valence-corrected chi connectivity index (χ3v) is 12.1. The van der Waals surface area contributed by atoms with Crippen LogP contribution in [-0.4, -0.2) is 77.0 Å². The first-order chi connectivity index (χ1) is 23.2. The Morgan fingerprint density at radius 1 is 0.833 bits per heavy atom. The van der Waals surface area contributed by atoms with Crippen LogP contribution in [0.4, 0.5) is 5.69 Å². The number of rotatable bonds is 13. The SMILES string of the molecule is COc1ccc([C@@H](CCCNS(=O)(=O)c2cccs2)N2C(=O)c3cccc(N4CCN([C@H](C)c5ccccc5)CC4)c3C2=O)cc1OC. The van der Waals surface area contributed by atoms with Crippen LogP contribution in [0.15, 0.2) is 88.5 Å². The molecule has 0 saturated carbocycles. The van der Waals surface area contributed by atoms with Gasteiger partial charge in [-0.1, -0.05) is 48.5 Å². The summed E-state index contributed by atoms with van der Waals surface area (Å²) in [6.07, 6.45) is 0.713. The third kappa shape index (κ3) is 6.70. The van der Waals surface area contributed by atoms with Gasteiger partial charge in [0.05, 0.1) is 37.1 Å². The van der Waals surface area contributed by atoms with Gasteiger partial charge in [0.2, 0.25) is 10.0 Å². The van der Waals surface area contributed by atoms with Crippen molar-refractivity contribution in [3.05, 3.63) is 106 Å². The zero-order chi connectivity index (χ0) is 33.8. The largest absolute Gasteiger partial charge is 0.493 e. The van der Waals surface area contributed by atoms with E-state index in [0.29, 0.717) is 41.0 Å². The second kappa shape index (κ2) is 14.5. The molecule has 2 atom stereocenters. The molecule has 2 aliphatic rings. The summed E-state index contributed by atoms with van der Waals surface area (Å²) in [5, 5.41) is 1.71. The monoisotopic (exact) mass is 688 g/mol. The standard InChI is InChI=1S/C36H40N4O6S2/c1-25(26-10-5-4-6-11-26)38-19-21-39(22-20-38)30-13-7-12-28-34(30)36(42)40(35(28)41)29(27-16-17-31(45-2)32(24-27)46-3)14-8-18-37-48(43,44)33-15-9-23-47-33/h4-7,9-13,15-17,23-25,29,37H,8,14,18-22H2,1-3H3/t25-,29-/m1/s1. The van der Waals surface area contributed by atoms with Crippen molar-refractivity contribution >= 4 is 38.9 Å². The highest BCUT2D eigenvalue weighted by molar-refractivity contribution is 7.91. The Hall–Kier alpha value is -4.23. The van der Waals surface area contributed by atoms with E-state index in [1.807, 2.05) is 24.3 Å². The van der Waals surface area contributed by atoms with Crippen molar-refractivity contribution < 1.29 is 27.5 Å². The summed E-state index contributed by atoms with van der Waals surface area (Å²) in [5.41, 5.74) is 3.50. The maximum atomic E-state index is 14.4. The number of anilines is 1. The van der Waals surface area contributed by atoms with Gasteiger partial charge in [-0.3, -0.25) is 19.4 Å². The van der Waals surface area contributed by atoms with Crippen LogP contribution in [0.1, 0.15) is 63.7 Å². The van der Waals surface area contributed by atoms with Gasteiger partial charge in [0, 0.05) is 38.8 Å². The van der Waals surface area contributed by atoms with Crippen molar-refractivity contribution in [2.24, 2.45) is 0 Å². The molecule has 1 saturated heterocycles. The number of nitrogens with one attached hydrogen (secondary N) is 1. The fourth-order valence-electron chi connectivity index (χ4n) is 6.62. The summed E-state index contributed by atoms with van der Waals surface area (Å²) in [5.74, 6) is 0.268. The lowest BCUT2D eigenvalue weighted by atomic mass is 9.99. The molecule has 48 heavy (non-hydrogen) atoms. The zero-order valence-electron chi connectivity index (χ0n) is 27.3. The molecule has 3 heterocycles. The van der Waals surface area contributed by atoms with E-state index in [1.54, 1.807) is 42.8 Å². The maximum Gasteiger partial charge on any atom is 0.264 e. The number of methoxy groups -OCH3 is 2. The molecule has 252 valence electrons. The van der Waals surface area contributed by atoms with Gasteiger partial charge < -0.3 is 14.4 Å². The number of hydrogen-bond acceptors (Lipinski definition) is 9. The van der Waals surface area contributed by atoms with Crippen molar-refractivity contribution in [2.45, 2.75) is 36.1 Å². The van der Waals surface area contributed by atoms with Gasteiger partial charge in [-0.15, -0.1) is 11.3 Å². The zero-order valence-corrected chi connectivity index (χ0v) is 28.9. The summed E-state index contributed by atoms with van der Waals surface area (Å²) in [6.45, 7) is 5.44. The summed E-state index contributed by atoms with van der Waals surface area (Å²) in [6, 6.07) is 24.1. The van der Waals surface area contributed by atoms with E-state index in [1.165, 1.54) is 17.6 Å². The Kier molecular flexibility index (Phi) is 10.2. The molecular weight excluding hydrogens is 649 g/mol. The smallest absolute Gasteiger partial charge is 0.264 e. The second-order valence-electron chi connectivity index (χ2n) is 11.9. The van der Waals surface area contributed by atoms with Gasteiger partial charge in [0.15, 0.2) is 11.5 Å². The number of benzene rings is 3. The maximum absolute atomic E-state index is 14.4. The molecule has 1 fully saturated rings. The summed E-state index contributed by atoms with van der Waals surface area (Å²) >= 11 is 1.15. The lowest BCUT2D eigenvalue weighted by Crippen LogP contribution is -2.47. The number of hydrogen-bond donors (Lipinski definition) is 1. The lowest BCUT2D eigenvalue weighted by molar-refractivity contribution is 0.0572. The fourth-order valence-corrected chi connectivity index (χ4v) is 8.73. The van der Waals surface area contributed by atoms with Crippen LogP contribution in [0.25, 0.3) is 0 Å². The first kappa shape index (κ1) is 33.7. The molecule has 1 aromatic heterocycles. The van der Waals surface area contributed by atoms with Gasteiger partial charge in [-0.2, -0.15) is 0 Å². The van der Waals surface area contributed by atoms with E-state index < -0.39 is 16.1 Å². The van der Waals surface area contributed by atoms with Crippen molar-refractivity contribution in [3.8, 4) is 11.5 Å². The average Bonchev–Trinajstić information content (AvgIpc) is 3.76. The molecular formula is C36H40N4O6S2. The minimum absolute atomic E-state index is 0.143. The molecule has 0 radical (unpaired) electrons. The molecule has 1 N–H and O–H groups in total. The molecule has 0 spiro atoms. The Balaban J connectivity index is 1.24. The van der Waals surface area contributed by atoms with E-state index >= 15 is 0 Å². The predicted molar refractivity (Wildman–Crippen MR) is 187 cm³/mol. The summed E-state index contributed by atoms with van der Waals surface area (Å²) in [7, 11) is -0.575. The Bertz CT molecular complexity index is 1860. The van der Waals surface area contributed by atoms with Crippen LogP contribution in [0, 0.1) is 0 Å². The Morgan fingerprint density at radius 3 is 2.27 bits per heavy atom. The van der Waals surface area contributed by atoms with E-state index in [4.69, 9.17) is 9.47 Å². The number of carbonyl (C=O) groups is 2. The van der Waals surface area contributed by atoms with E-state index in [9.17, 15) is 18.0 Å². The highest BCUT2D eigenvalue weighted by Crippen LogP contribution is 2.40. The second-order valence-corrected chi connectivity index (χ2v) is 14.8. The summed E-state index contributed by atoms with van der Waals surface area (Å²) < 4.78 is 39.3. The van der Waals surface area contributed by atoms with E-state index in [2.05, 4.69) is 45.7 Å². The van der Waals surface area contributed by atoms with Gasteiger partial charge in [-0.25, -0.2) is 13.1 Å². The van der Waals surface area contributed by atoms with Crippen LogP contribution >= 0.6 is 11.3 Å². The molecule has 6 rings (SSSR count). The highest BCUT2D eigenvalue weighted by atomic mass is 32.2. The number of sulfonamides is 1. The highest BCUT2D eigenvalue weighted by Gasteiger charge is 2.43. The number of ether oxygens (including phenoxy) is 2. The molecule has 0 unspecified atom stereocenters. The molecule has 2 aliphatic heterocycles. The first-order valence-corrected chi connectivity index (χ1v) is 18.4. The minimum atomic E-state index is -3.65. The quantitative estimate of drug-likeness (QED) is 0.140. The van der Waals surface area contributed by atoms with E-state index in [-0.39, 0.29) is 28.6 Å². The number of imide groups is 1. The van der Waals surface area contributed by atoms with Crippen LogP contribution < -0.4 is 19.1 Å². The van der Waals surface area contributed by atoms with Gasteiger partial charge >= 0.3 is 0 Å². The molecule has 0 bridgehead atoms. The van der Waals surface area contributed by atoms with Gasteiger partial charge in [0.25, 0.3) is 11.8 Å². The van der Waals surface area contributed by atoms with Crippen LogP contribution in [0.2, 0.25) is 0 Å². The molecule has 4 aromatic rings. The van der Waals surface area contributed by atoms with Crippen LogP contribution in [-0.2, 0) is 10.0 Å². The molecule has 2 amide bonds. The number of amides is 2. The van der Waals surface area contributed by atoms with Crippen molar-refractivity contribution in [1.29, 1.82) is 0 Å². The first-order valence-electron chi connectivity index (χ1n) is 16.0.